The van der Waals surface area contributed by atoms with E-state index in [1.165, 1.54) is 25.1 Å². The van der Waals surface area contributed by atoms with Gasteiger partial charge in [0.15, 0.2) is 0 Å². The third-order valence-corrected chi connectivity index (χ3v) is 5.28. The highest BCUT2D eigenvalue weighted by molar-refractivity contribution is 7.92. The summed E-state index contributed by atoms with van der Waals surface area (Å²) in [6.07, 6.45) is 3.09. The van der Waals surface area contributed by atoms with Crippen molar-refractivity contribution in [2.75, 3.05) is 10.0 Å². The van der Waals surface area contributed by atoms with Crippen LogP contribution >= 0.6 is 0 Å². The van der Waals surface area contributed by atoms with Crippen molar-refractivity contribution in [3.63, 3.8) is 0 Å². The zero-order chi connectivity index (χ0) is 19.4. The molecule has 0 fully saturated rings. The molecule has 8 heteroatoms. The second kappa shape index (κ2) is 7.55. The van der Waals surface area contributed by atoms with Crippen LogP contribution in [0.3, 0.4) is 0 Å². The van der Waals surface area contributed by atoms with Crippen LogP contribution in [0.4, 0.5) is 15.8 Å². The number of aryl methyl sites for hydroxylation is 1. The van der Waals surface area contributed by atoms with Crippen LogP contribution in [0.25, 0.3) is 0 Å². The molecule has 3 aromatic rings. The highest BCUT2D eigenvalue weighted by Gasteiger charge is 2.18. The summed E-state index contributed by atoms with van der Waals surface area (Å²) < 4.78 is 40.8. The fraction of sp³-hybridized carbons (Fsp3) is 0.0526. The maximum atomic E-state index is 13.2. The SMILES string of the molecule is Cc1cc(F)ccc1S(=O)(=O)Nc1cccc(C(=O)Nc2ccncc2)c1. The quantitative estimate of drug-likeness (QED) is 0.703. The number of halogens is 1. The molecule has 0 saturated carbocycles. The Hall–Kier alpha value is -3.26. The van der Waals surface area contributed by atoms with Gasteiger partial charge in [0, 0.05) is 29.3 Å². The average Bonchev–Trinajstić information content (AvgIpc) is 2.62. The molecule has 0 unspecified atom stereocenters. The number of anilines is 2. The van der Waals surface area contributed by atoms with Gasteiger partial charge in [-0.05, 0) is 61.0 Å². The number of sulfonamides is 1. The Labute approximate surface area is 156 Å². The van der Waals surface area contributed by atoms with E-state index in [-0.39, 0.29) is 27.6 Å². The fourth-order valence-electron chi connectivity index (χ4n) is 2.49. The zero-order valence-electron chi connectivity index (χ0n) is 14.3. The van der Waals surface area contributed by atoms with E-state index in [0.717, 1.165) is 12.1 Å². The monoisotopic (exact) mass is 385 g/mol. The molecule has 0 spiro atoms. The van der Waals surface area contributed by atoms with E-state index in [9.17, 15) is 17.6 Å². The molecule has 1 heterocycles. The van der Waals surface area contributed by atoms with Crippen LogP contribution in [0.15, 0.2) is 71.9 Å². The Bertz CT molecular complexity index is 1090. The Morgan fingerprint density at radius 1 is 1.00 bits per heavy atom. The van der Waals surface area contributed by atoms with Crippen molar-refractivity contribution >= 4 is 27.3 Å². The smallest absolute Gasteiger partial charge is 0.262 e. The van der Waals surface area contributed by atoms with Crippen LogP contribution in [0.1, 0.15) is 15.9 Å². The van der Waals surface area contributed by atoms with Gasteiger partial charge >= 0.3 is 0 Å². The van der Waals surface area contributed by atoms with E-state index in [0.29, 0.717) is 5.69 Å². The Kier molecular flexibility index (Phi) is 5.18. The molecule has 27 heavy (non-hydrogen) atoms. The first-order valence-corrected chi connectivity index (χ1v) is 9.44. The van der Waals surface area contributed by atoms with Crippen molar-refractivity contribution in [2.24, 2.45) is 0 Å². The van der Waals surface area contributed by atoms with Gasteiger partial charge in [0.25, 0.3) is 15.9 Å². The van der Waals surface area contributed by atoms with Crippen LogP contribution in [0.2, 0.25) is 0 Å². The van der Waals surface area contributed by atoms with Gasteiger partial charge in [-0.2, -0.15) is 0 Å². The number of nitrogens with zero attached hydrogens (tertiary/aromatic N) is 1. The van der Waals surface area contributed by atoms with Crippen LogP contribution < -0.4 is 10.0 Å². The molecule has 6 nitrogen and oxygen atoms in total. The predicted octanol–water partition coefficient (Wildman–Crippen LogP) is 3.58. The second-order valence-electron chi connectivity index (χ2n) is 5.79. The van der Waals surface area contributed by atoms with Gasteiger partial charge in [0.1, 0.15) is 5.82 Å². The molecule has 138 valence electrons. The Morgan fingerprint density at radius 3 is 2.44 bits per heavy atom. The number of nitrogens with one attached hydrogen (secondary N) is 2. The van der Waals surface area contributed by atoms with E-state index in [4.69, 9.17) is 0 Å². The lowest BCUT2D eigenvalue weighted by Crippen LogP contribution is -2.16. The minimum Gasteiger partial charge on any atom is -0.322 e. The van der Waals surface area contributed by atoms with Crippen molar-refractivity contribution in [1.82, 2.24) is 4.98 Å². The summed E-state index contributed by atoms with van der Waals surface area (Å²) in [5, 5.41) is 2.70. The molecular formula is C19H16FN3O3S. The number of hydrogen-bond acceptors (Lipinski definition) is 4. The lowest BCUT2D eigenvalue weighted by molar-refractivity contribution is 0.102. The van der Waals surface area contributed by atoms with E-state index < -0.39 is 15.8 Å². The molecule has 0 aliphatic heterocycles. The standard InChI is InChI=1S/C19H16FN3O3S/c1-13-11-15(20)5-6-18(13)27(25,26)23-17-4-2-3-14(12-17)19(24)22-16-7-9-21-10-8-16/h2-12,23H,1H3,(H,21,22,24). The number of rotatable bonds is 5. The highest BCUT2D eigenvalue weighted by atomic mass is 32.2. The summed E-state index contributed by atoms with van der Waals surface area (Å²) in [7, 11) is -3.92. The minimum absolute atomic E-state index is 0.0319. The summed E-state index contributed by atoms with van der Waals surface area (Å²) in [6.45, 7) is 1.51. The minimum atomic E-state index is -3.92. The molecule has 0 saturated heterocycles. The molecule has 1 amide bonds. The van der Waals surface area contributed by atoms with E-state index >= 15 is 0 Å². The summed E-state index contributed by atoms with van der Waals surface area (Å²) >= 11 is 0. The van der Waals surface area contributed by atoms with Crippen LogP contribution in [0, 0.1) is 12.7 Å². The van der Waals surface area contributed by atoms with E-state index in [1.54, 1.807) is 36.7 Å². The van der Waals surface area contributed by atoms with Gasteiger partial charge in [-0.1, -0.05) is 6.07 Å². The number of carbonyl (C=O) groups is 1. The lowest BCUT2D eigenvalue weighted by atomic mass is 10.2. The topological polar surface area (TPSA) is 88.2 Å². The van der Waals surface area contributed by atoms with Gasteiger partial charge < -0.3 is 5.32 Å². The third kappa shape index (κ3) is 4.48. The van der Waals surface area contributed by atoms with Crippen LogP contribution in [-0.4, -0.2) is 19.3 Å². The molecule has 0 aliphatic rings. The lowest BCUT2D eigenvalue weighted by Gasteiger charge is -2.11. The Morgan fingerprint density at radius 2 is 1.74 bits per heavy atom. The molecule has 0 bridgehead atoms. The molecule has 2 N–H and O–H groups in total. The summed E-state index contributed by atoms with van der Waals surface area (Å²) in [6, 6.07) is 12.8. The largest absolute Gasteiger partial charge is 0.322 e. The molecule has 0 atom stereocenters. The molecule has 1 aromatic heterocycles. The van der Waals surface area contributed by atoms with Crippen molar-refractivity contribution in [3.8, 4) is 0 Å². The summed E-state index contributed by atoms with van der Waals surface area (Å²) in [5.41, 5.74) is 1.36. The van der Waals surface area contributed by atoms with Gasteiger partial charge in [0.05, 0.1) is 4.90 Å². The second-order valence-corrected chi connectivity index (χ2v) is 7.44. The number of benzene rings is 2. The highest BCUT2D eigenvalue weighted by Crippen LogP contribution is 2.21. The molecular weight excluding hydrogens is 369 g/mol. The van der Waals surface area contributed by atoms with Gasteiger partial charge in [-0.25, -0.2) is 12.8 Å². The predicted molar refractivity (Wildman–Crippen MR) is 101 cm³/mol. The van der Waals surface area contributed by atoms with E-state index in [2.05, 4.69) is 15.0 Å². The molecule has 0 radical (unpaired) electrons. The maximum absolute atomic E-state index is 13.2. The van der Waals surface area contributed by atoms with Gasteiger partial charge in [0.2, 0.25) is 0 Å². The number of pyridine rings is 1. The van der Waals surface area contributed by atoms with Crippen molar-refractivity contribution in [2.45, 2.75) is 11.8 Å². The maximum Gasteiger partial charge on any atom is 0.262 e. The van der Waals surface area contributed by atoms with Crippen LogP contribution in [-0.2, 0) is 10.0 Å². The van der Waals surface area contributed by atoms with Crippen molar-refractivity contribution in [3.05, 3.63) is 83.9 Å². The first kappa shape index (κ1) is 18.5. The average molecular weight is 385 g/mol. The van der Waals surface area contributed by atoms with Crippen LogP contribution in [0.5, 0.6) is 0 Å². The first-order chi connectivity index (χ1) is 12.8. The van der Waals surface area contributed by atoms with Gasteiger partial charge in [-0.15, -0.1) is 0 Å². The number of carbonyl (C=O) groups excluding carboxylic acids is 1. The Balaban J connectivity index is 1.82. The van der Waals surface area contributed by atoms with Gasteiger partial charge in [-0.3, -0.25) is 14.5 Å². The number of aromatic nitrogens is 1. The molecule has 3 rings (SSSR count). The third-order valence-electron chi connectivity index (χ3n) is 3.74. The summed E-state index contributed by atoms with van der Waals surface area (Å²) in [4.78, 5) is 16.2. The first-order valence-electron chi connectivity index (χ1n) is 7.95. The van der Waals surface area contributed by atoms with Crippen molar-refractivity contribution < 1.29 is 17.6 Å². The molecule has 2 aromatic carbocycles. The fourth-order valence-corrected chi connectivity index (χ4v) is 3.76. The van der Waals surface area contributed by atoms with E-state index in [1.807, 2.05) is 0 Å². The summed E-state index contributed by atoms with van der Waals surface area (Å²) in [5.74, 6) is -0.901. The zero-order valence-corrected chi connectivity index (χ0v) is 15.1. The number of hydrogen-bond donors (Lipinski definition) is 2. The normalized spacial score (nSPS) is 11.0. The van der Waals surface area contributed by atoms with Crippen molar-refractivity contribution in [1.29, 1.82) is 0 Å². The number of amides is 1. The molecule has 0 aliphatic carbocycles.